The third kappa shape index (κ3) is 6.18. The zero-order valence-electron chi connectivity index (χ0n) is 18.4. The van der Waals surface area contributed by atoms with Crippen molar-refractivity contribution in [2.75, 3.05) is 49.5 Å². The van der Waals surface area contributed by atoms with Gasteiger partial charge in [-0.1, -0.05) is 18.2 Å². The summed E-state index contributed by atoms with van der Waals surface area (Å²) in [5.41, 5.74) is -1.23. The van der Waals surface area contributed by atoms with Crippen LogP contribution in [0.4, 0.5) is 38.1 Å². The van der Waals surface area contributed by atoms with E-state index in [1.807, 2.05) is 0 Å². The van der Waals surface area contributed by atoms with Gasteiger partial charge in [-0.05, 0) is 29.8 Å². The minimum atomic E-state index is -4.51. The molecule has 0 unspecified atom stereocenters. The Balaban J connectivity index is 1.27. The van der Waals surface area contributed by atoms with Gasteiger partial charge >= 0.3 is 12.4 Å². The second-order valence-corrected chi connectivity index (χ2v) is 7.97. The Morgan fingerprint density at radius 2 is 1.57 bits per heavy atom. The Hall–Kier alpha value is -3.41. The van der Waals surface area contributed by atoms with Gasteiger partial charge in [0.05, 0.1) is 5.56 Å². The molecule has 0 atom stereocenters. The van der Waals surface area contributed by atoms with Crippen LogP contribution >= 0.6 is 0 Å². The molecular formula is C23H22F6N6. The Bertz CT molecular complexity index is 1120. The Labute approximate surface area is 197 Å². The monoisotopic (exact) mass is 496 g/mol. The number of aromatic nitrogens is 3. The van der Waals surface area contributed by atoms with Crippen molar-refractivity contribution < 1.29 is 26.3 Å². The molecule has 1 N–H and O–H groups in total. The van der Waals surface area contributed by atoms with Gasteiger partial charge in [0, 0.05) is 57.2 Å². The molecule has 12 heteroatoms. The maximum absolute atomic E-state index is 13.2. The van der Waals surface area contributed by atoms with E-state index in [1.165, 1.54) is 18.3 Å². The standard InChI is InChI=1S/C23H22F6N6/c24-22(25,26)18-4-2-1-3-17(18)16-5-6-20(32-15-16)30-9-10-34-11-13-35(14-12-34)21-31-8-7-19(33-21)23(27,28)29/h1-8,15H,9-14H2,(H,30,32). The molecule has 0 bridgehead atoms. The molecule has 4 rings (SSSR count). The van der Waals surface area contributed by atoms with Crippen LogP contribution in [-0.4, -0.2) is 59.1 Å². The first-order valence-electron chi connectivity index (χ1n) is 10.9. The average molecular weight is 496 g/mol. The fourth-order valence-corrected chi connectivity index (χ4v) is 3.81. The van der Waals surface area contributed by atoms with Crippen LogP contribution in [0.25, 0.3) is 11.1 Å². The van der Waals surface area contributed by atoms with Crippen molar-refractivity contribution in [1.82, 2.24) is 19.9 Å². The minimum Gasteiger partial charge on any atom is -0.369 e. The van der Waals surface area contributed by atoms with Crippen LogP contribution in [0, 0.1) is 0 Å². The summed E-state index contributed by atoms with van der Waals surface area (Å²) in [4.78, 5) is 15.7. The van der Waals surface area contributed by atoms with Crippen LogP contribution in [0.15, 0.2) is 54.9 Å². The van der Waals surface area contributed by atoms with Gasteiger partial charge in [0.25, 0.3) is 0 Å². The van der Waals surface area contributed by atoms with Crippen LogP contribution in [0.3, 0.4) is 0 Å². The van der Waals surface area contributed by atoms with E-state index >= 15 is 0 Å². The highest BCUT2D eigenvalue weighted by atomic mass is 19.4. The summed E-state index contributed by atoms with van der Waals surface area (Å²) < 4.78 is 78.4. The number of rotatable bonds is 6. The molecular weight excluding hydrogens is 474 g/mol. The van der Waals surface area contributed by atoms with Crippen LogP contribution < -0.4 is 10.2 Å². The van der Waals surface area contributed by atoms with E-state index in [0.29, 0.717) is 50.6 Å². The molecule has 0 saturated carbocycles. The quantitative estimate of drug-likeness (QED) is 0.495. The largest absolute Gasteiger partial charge is 0.433 e. The van der Waals surface area contributed by atoms with Gasteiger partial charge in [-0.3, -0.25) is 4.90 Å². The maximum Gasteiger partial charge on any atom is 0.433 e. The molecule has 1 fully saturated rings. The average Bonchev–Trinajstić information content (AvgIpc) is 2.84. The van der Waals surface area contributed by atoms with Crippen LogP contribution in [-0.2, 0) is 12.4 Å². The number of halogens is 6. The molecule has 0 radical (unpaired) electrons. The van der Waals surface area contributed by atoms with Gasteiger partial charge in [-0.2, -0.15) is 26.3 Å². The first-order valence-corrected chi connectivity index (χ1v) is 10.9. The highest BCUT2D eigenvalue weighted by molar-refractivity contribution is 5.68. The summed E-state index contributed by atoms with van der Waals surface area (Å²) in [6, 6.07) is 9.43. The van der Waals surface area contributed by atoms with Gasteiger partial charge in [-0.25, -0.2) is 15.0 Å². The van der Waals surface area contributed by atoms with Crippen molar-refractivity contribution in [2.24, 2.45) is 0 Å². The Kier molecular flexibility index (Phi) is 7.10. The first-order chi connectivity index (χ1) is 16.6. The predicted molar refractivity (Wildman–Crippen MR) is 119 cm³/mol. The summed E-state index contributed by atoms with van der Waals surface area (Å²) >= 11 is 0. The van der Waals surface area contributed by atoms with E-state index in [9.17, 15) is 26.3 Å². The molecule has 35 heavy (non-hydrogen) atoms. The molecule has 3 aromatic rings. The highest BCUT2D eigenvalue weighted by Gasteiger charge is 2.34. The normalized spacial score (nSPS) is 15.3. The molecule has 0 aliphatic carbocycles. The van der Waals surface area contributed by atoms with Crippen LogP contribution in [0.5, 0.6) is 0 Å². The van der Waals surface area contributed by atoms with Crippen molar-refractivity contribution in [2.45, 2.75) is 12.4 Å². The number of hydrogen-bond acceptors (Lipinski definition) is 6. The van der Waals surface area contributed by atoms with Crippen molar-refractivity contribution in [3.63, 3.8) is 0 Å². The summed E-state index contributed by atoms with van der Waals surface area (Å²) in [5.74, 6) is 0.600. The topological polar surface area (TPSA) is 57.2 Å². The van der Waals surface area contributed by atoms with Gasteiger partial charge in [-0.15, -0.1) is 0 Å². The third-order valence-electron chi connectivity index (χ3n) is 5.63. The predicted octanol–water partition coefficient (Wildman–Crippen LogP) is 4.81. The SMILES string of the molecule is FC(F)(F)c1ccnc(N2CCN(CCNc3ccc(-c4ccccc4C(F)(F)F)cn3)CC2)n1. The molecule has 6 nitrogen and oxygen atoms in total. The fourth-order valence-electron chi connectivity index (χ4n) is 3.81. The number of pyridine rings is 1. The van der Waals surface area contributed by atoms with Crippen molar-refractivity contribution in [1.29, 1.82) is 0 Å². The second-order valence-electron chi connectivity index (χ2n) is 7.97. The van der Waals surface area contributed by atoms with Crippen molar-refractivity contribution in [3.05, 3.63) is 66.1 Å². The summed E-state index contributed by atoms with van der Waals surface area (Å²) in [5, 5.41) is 3.14. The van der Waals surface area contributed by atoms with E-state index in [1.54, 1.807) is 23.1 Å². The van der Waals surface area contributed by atoms with E-state index in [4.69, 9.17) is 0 Å². The molecule has 1 aliphatic heterocycles. The van der Waals surface area contributed by atoms with E-state index in [0.717, 1.165) is 18.3 Å². The molecule has 0 spiro atoms. The second kappa shape index (κ2) is 10.1. The highest BCUT2D eigenvalue weighted by Crippen LogP contribution is 2.36. The summed E-state index contributed by atoms with van der Waals surface area (Å²) in [6.07, 6.45) is -6.45. The minimum absolute atomic E-state index is 0.0639. The molecule has 1 aliphatic rings. The third-order valence-corrected chi connectivity index (χ3v) is 5.63. The molecule has 0 amide bonds. The van der Waals surface area contributed by atoms with Crippen LogP contribution in [0.1, 0.15) is 11.3 Å². The van der Waals surface area contributed by atoms with Gasteiger partial charge < -0.3 is 10.2 Å². The van der Waals surface area contributed by atoms with Crippen molar-refractivity contribution in [3.8, 4) is 11.1 Å². The molecule has 2 aromatic heterocycles. The molecule has 1 aromatic carbocycles. The lowest BCUT2D eigenvalue weighted by Crippen LogP contribution is -2.48. The summed E-state index contributed by atoms with van der Waals surface area (Å²) in [6.45, 7) is 3.45. The van der Waals surface area contributed by atoms with Gasteiger partial charge in [0.2, 0.25) is 5.95 Å². The van der Waals surface area contributed by atoms with Crippen LogP contribution in [0.2, 0.25) is 0 Å². The lowest BCUT2D eigenvalue weighted by molar-refractivity contribution is -0.141. The molecule has 3 heterocycles. The van der Waals surface area contributed by atoms with E-state index in [-0.39, 0.29) is 11.5 Å². The number of alkyl halides is 6. The van der Waals surface area contributed by atoms with Crippen molar-refractivity contribution >= 4 is 11.8 Å². The molecule has 186 valence electrons. The van der Waals surface area contributed by atoms with Gasteiger partial charge in [0.1, 0.15) is 11.5 Å². The number of nitrogens with zero attached hydrogens (tertiary/aromatic N) is 5. The Morgan fingerprint density at radius 3 is 2.23 bits per heavy atom. The summed E-state index contributed by atoms with van der Waals surface area (Å²) in [7, 11) is 0. The Morgan fingerprint density at radius 1 is 0.829 bits per heavy atom. The molecule has 1 saturated heterocycles. The number of nitrogens with one attached hydrogen (secondary N) is 1. The lowest BCUT2D eigenvalue weighted by Gasteiger charge is -2.34. The smallest absolute Gasteiger partial charge is 0.369 e. The zero-order chi connectivity index (χ0) is 25.1. The zero-order valence-corrected chi connectivity index (χ0v) is 18.4. The number of hydrogen-bond donors (Lipinski definition) is 1. The van der Waals surface area contributed by atoms with Gasteiger partial charge in [0.15, 0.2) is 0 Å². The number of piperazine rings is 1. The van der Waals surface area contributed by atoms with E-state index < -0.39 is 23.6 Å². The first kappa shape index (κ1) is 24.7. The maximum atomic E-state index is 13.2. The lowest BCUT2D eigenvalue weighted by atomic mass is 10.0. The van der Waals surface area contributed by atoms with E-state index in [2.05, 4.69) is 25.2 Å². The fraction of sp³-hybridized carbons (Fsp3) is 0.348. The number of benzene rings is 1. The number of anilines is 2.